The van der Waals surface area contributed by atoms with Crippen LogP contribution >= 0.6 is 0 Å². The molecule has 1 aliphatic carbocycles. The minimum atomic E-state index is -0.516. The molecule has 0 aromatic carbocycles. The van der Waals surface area contributed by atoms with Gasteiger partial charge < -0.3 is 5.32 Å². The van der Waals surface area contributed by atoms with E-state index in [1.54, 1.807) is 0 Å². The molecule has 2 atom stereocenters. The Morgan fingerprint density at radius 2 is 2.07 bits per heavy atom. The first-order valence-corrected chi connectivity index (χ1v) is 7.24. The summed E-state index contributed by atoms with van der Waals surface area (Å²) in [6.07, 6.45) is 4.85. The molecule has 0 amide bonds. The minimum absolute atomic E-state index is 0.516. The minimum Gasteiger partial charge on any atom is -0.311 e. The maximum Gasteiger partial charge on any atom is 0.0249 e. The highest BCUT2D eigenvalue weighted by Crippen LogP contribution is 2.48. The van der Waals surface area contributed by atoms with Gasteiger partial charge in [-0.1, -0.05) is 13.8 Å². The highest BCUT2D eigenvalue weighted by Gasteiger charge is 2.48. The molecule has 1 saturated carbocycles. The average molecular weight is 215 g/mol. The van der Waals surface area contributed by atoms with Gasteiger partial charge in [-0.15, -0.1) is 0 Å². The Labute approximate surface area is 89.3 Å². The van der Waals surface area contributed by atoms with Crippen molar-refractivity contribution >= 4 is 10.8 Å². The van der Waals surface area contributed by atoms with Crippen LogP contribution in [0.4, 0.5) is 0 Å². The zero-order valence-electron chi connectivity index (χ0n) is 9.21. The third kappa shape index (κ3) is 2.19. The summed E-state index contributed by atoms with van der Waals surface area (Å²) in [7, 11) is -0.516. The molecule has 1 heterocycles. The van der Waals surface area contributed by atoms with Gasteiger partial charge in [0.05, 0.1) is 0 Å². The zero-order chi connectivity index (χ0) is 10.2. The molecule has 1 N–H and O–H groups in total. The van der Waals surface area contributed by atoms with Crippen LogP contribution in [-0.2, 0) is 10.8 Å². The van der Waals surface area contributed by atoms with Crippen LogP contribution in [0.2, 0.25) is 0 Å². The van der Waals surface area contributed by atoms with Gasteiger partial charge in [-0.3, -0.25) is 4.21 Å². The fourth-order valence-electron chi connectivity index (χ4n) is 2.30. The number of hydrogen-bond donors (Lipinski definition) is 1. The van der Waals surface area contributed by atoms with E-state index < -0.39 is 10.8 Å². The van der Waals surface area contributed by atoms with E-state index >= 15 is 0 Å². The summed E-state index contributed by atoms with van der Waals surface area (Å²) in [6.45, 7) is 4.64. The molecule has 0 aromatic rings. The summed E-state index contributed by atoms with van der Waals surface area (Å²) >= 11 is 0. The molecule has 0 aromatic heterocycles. The highest BCUT2D eigenvalue weighted by molar-refractivity contribution is 7.85. The second-order valence-corrected chi connectivity index (χ2v) is 6.75. The van der Waals surface area contributed by atoms with E-state index in [9.17, 15) is 4.21 Å². The molecule has 1 aliphatic heterocycles. The Kier molecular flexibility index (Phi) is 2.98. The first-order chi connectivity index (χ1) is 6.64. The van der Waals surface area contributed by atoms with Crippen molar-refractivity contribution in [3.63, 3.8) is 0 Å². The summed E-state index contributed by atoms with van der Waals surface area (Å²) in [4.78, 5) is 0. The molecule has 2 rings (SSSR count). The third-order valence-electron chi connectivity index (χ3n) is 3.98. The number of rotatable bonds is 3. The molecule has 1 saturated heterocycles. The second-order valence-electron chi connectivity index (χ2n) is 5.05. The molecule has 0 spiro atoms. The van der Waals surface area contributed by atoms with Gasteiger partial charge in [0.25, 0.3) is 0 Å². The maximum atomic E-state index is 11.2. The summed E-state index contributed by atoms with van der Waals surface area (Å²) in [6, 6.07) is 1.38. The molecule has 0 radical (unpaired) electrons. The predicted octanol–water partition coefficient (Wildman–Crippen LogP) is 1.68. The first kappa shape index (κ1) is 10.6. The maximum absolute atomic E-state index is 11.2. The van der Waals surface area contributed by atoms with Crippen molar-refractivity contribution in [1.82, 2.24) is 5.32 Å². The lowest BCUT2D eigenvalue weighted by Crippen LogP contribution is -2.38. The predicted molar refractivity (Wildman–Crippen MR) is 60.8 cm³/mol. The second kappa shape index (κ2) is 3.93. The Morgan fingerprint density at radius 1 is 1.43 bits per heavy atom. The molecule has 2 aliphatic rings. The molecule has 2 fully saturated rings. The average Bonchev–Trinajstić information content (AvgIpc) is 2.82. The Balaban J connectivity index is 1.75. The smallest absolute Gasteiger partial charge is 0.0249 e. The van der Waals surface area contributed by atoms with Gasteiger partial charge in [-0.05, 0) is 31.1 Å². The summed E-state index contributed by atoms with van der Waals surface area (Å²) in [5.41, 5.74) is 0.566. The number of nitrogens with one attached hydrogen (secondary N) is 1. The van der Waals surface area contributed by atoms with Crippen molar-refractivity contribution < 1.29 is 4.21 Å². The summed E-state index contributed by atoms with van der Waals surface area (Å²) in [5.74, 6) is 1.82. The molecule has 14 heavy (non-hydrogen) atoms. The van der Waals surface area contributed by atoms with Gasteiger partial charge in [0.1, 0.15) is 0 Å². The van der Waals surface area contributed by atoms with Gasteiger partial charge >= 0.3 is 0 Å². The quantitative estimate of drug-likeness (QED) is 0.776. The lowest BCUT2D eigenvalue weighted by atomic mass is 10.1. The van der Waals surface area contributed by atoms with Crippen molar-refractivity contribution in [3.05, 3.63) is 0 Å². The van der Waals surface area contributed by atoms with Crippen molar-refractivity contribution in [2.24, 2.45) is 5.41 Å². The van der Waals surface area contributed by atoms with Crippen molar-refractivity contribution in [1.29, 1.82) is 0 Å². The van der Waals surface area contributed by atoms with Crippen molar-refractivity contribution in [3.8, 4) is 0 Å². The summed E-state index contributed by atoms with van der Waals surface area (Å²) < 4.78 is 11.2. The van der Waals surface area contributed by atoms with Crippen molar-refractivity contribution in [2.45, 2.75) is 51.6 Å². The van der Waals surface area contributed by atoms with E-state index in [-0.39, 0.29) is 0 Å². The van der Waals surface area contributed by atoms with Crippen LogP contribution < -0.4 is 5.32 Å². The van der Waals surface area contributed by atoms with E-state index in [1.807, 2.05) is 0 Å². The van der Waals surface area contributed by atoms with E-state index in [4.69, 9.17) is 0 Å². The molecule has 3 heteroatoms. The van der Waals surface area contributed by atoms with Gasteiger partial charge in [-0.2, -0.15) is 0 Å². The Morgan fingerprint density at radius 3 is 2.57 bits per heavy atom. The van der Waals surface area contributed by atoms with Gasteiger partial charge in [0, 0.05) is 34.4 Å². The van der Waals surface area contributed by atoms with Crippen LogP contribution in [0.25, 0.3) is 0 Å². The van der Waals surface area contributed by atoms with Crippen LogP contribution in [0.5, 0.6) is 0 Å². The largest absolute Gasteiger partial charge is 0.311 e. The normalized spacial score (nSPS) is 47.7. The third-order valence-corrected chi connectivity index (χ3v) is 5.37. The van der Waals surface area contributed by atoms with Crippen LogP contribution in [0.1, 0.15) is 39.5 Å². The Hall–Kier alpha value is 0.110. The van der Waals surface area contributed by atoms with E-state index in [2.05, 4.69) is 19.2 Å². The SMILES string of the molecule is CCC1(C)CC1NC1CCS(=O)CC1. The van der Waals surface area contributed by atoms with E-state index in [0.29, 0.717) is 11.5 Å². The molecular formula is C11H21NOS. The zero-order valence-corrected chi connectivity index (χ0v) is 10.0. The first-order valence-electron chi connectivity index (χ1n) is 5.75. The molecule has 82 valence electrons. The lowest BCUT2D eigenvalue weighted by molar-refractivity contribution is 0.414. The summed E-state index contributed by atoms with van der Waals surface area (Å²) in [5, 5.41) is 3.72. The molecule has 0 bridgehead atoms. The lowest BCUT2D eigenvalue weighted by Gasteiger charge is -2.23. The van der Waals surface area contributed by atoms with Gasteiger partial charge in [-0.25, -0.2) is 0 Å². The number of hydrogen-bond acceptors (Lipinski definition) is 2. The van der Waals surface area contributed by atoms with E-state index in [1.165, 1.54) is 12.8 Å². The fourth-order valence-corrected chi connectivity index (χ4v) is 3.60. The highest BCUT2D eigenvalue weighted by atomic mass is 32.2. The molecule has 2 unspecified atom stereocenters. The van der Waals surface area contributed by atoms with Crippen LogP contribution in [0, 0.1) is 5.41 Å². The van der Waals surface area contributed by atoms with Crippen LogP contribution in [-0.4, -0.2) is 27.8 Å². The standard InChI is InChI=1S/C11H21NOS/c1-3-11(2)8-10(11)12-9-4-6-14(13)7-5-9/h9-10,12H,3-8H2,1-2H3. The monoisotopic (exact) mass is 215 g/mol. The van der Waals surface area contributed by atoms with Gasteiger partial charge in [0.2, 0.25) is 0 Å². The molecule has 2 nitrogen and oxygen atoms in total. The van der Waals surface area contributed by atoms with Crippen LogP contribution in [0.15, 0.2) is 0 Å². The van der Waals surface area contributed by atoms with E-state index in [0.717, 1.165) is 30.4 Å². The van der Waals surface area contributed by atoms with Crippen LogP contribution in [0.3, 0.4) is 0 Å². The fraction of sp³-hybridized carbons (Fsp3) is 1.00. The van der Waals surface area contributed by atoms with Crippen molar-refractivity contribution in [2.75, 3.05) is 11.5 Å². The van der Waals surface area contributed by atoms with Gasteiger partial charge in [0.15, 0.2) is 0 Å². The Bertz CT molecular complexity index is 233. The molecular weight excluding hydrogens is 194 g/mol. The topological polar surface area (TPSA) is 29.1 Å².